The first-order valence-electron chi connectivity index (χ1n) is 13.7. The van der Waals surface area contributed by atoms with Crippen molar-refractivity contribution in [3.8, 4) is 0 Å². The van der Waals surface area contributed by atoms with Crippen LogP contribution in [0.15, 0.2) is 18.2 Å². The summed E-state index contributed by atoms with van der Waals surface area (Å²) in [6.45, 7) is 4.46. The fourth-order valence-electron chi connectivity index (χ4n) is 7.18. The third-order valence-electron chi connectivity index (χ3n) is 8.92. The minimum absolute atomic E-state index is 0.195. The number of aliphatic carboxylic acids is 1. The van der Waals surface area contributed by atoms with Gasteiger partial charge in [-0.15, -0.1) is 0 Å². The molecular weight excluding hydrogens is 430 g/mol. The molecule has 0 saturated heterocycles. The van der Waals surface area contributed by atoms with Crippen LogP contribution >= 0.6 is 11.6 Å². The molecule has 4 heteroatoms. The number of carboxylic acids is 1. The van der Waals surface area contributed by atoms with Crippen LogP contribution in [0, 0.1) is 24.7 Å². The number of carboxylic acid groups (broad SMARTS) is 1. The number of rotatable bonds is 8. The van der Waals surface area contributed by atoms with Crippen LogP contribution in [0.4, 0.5) is 0 Å². The Balaban J connectivity index is 1.63. The molecule has 3 aliphatic carbocycles. The first-order valence-corrected chi connectivity index (χ1v) is 14.1. The number of aryl methyl sites for hydroxylation is 1. The summed E-state index contributed by atoms with van der Waals surface area (Å²) >= 11 is 6.60. The standard InChI is InChI=1S/C29H44ClNO2/c1-21-15-16-25(17-26(21)30)29-24(18-28(32)33)13-8-14-27(29)31(19-22-9-4-2-5-10-22)20-23-11-6-3-7-12-23/h15-17,22-24,27,29H,2-14,18-20H2,1H3,(H,32,33). The number of carbonyl (C=O) groups is 1. The molecule has 3 saturated carbocycles. The van der Waals surface area contributed by atoms with Crippen molar-refractivity contribution in [1.82, 2.24) is 4.90 Å². The van der Waals surface area contributed by atoms with Crippen LogP contribution < -0.4 is 0 Å². The molecule has 0 radical (unpaired) electrons. The van der Waals surface area contributed by atoms with Crippen LogP contribution in [0.5, 0.6) is 0 Å². The van der Waals surface area contributed by atoms with E-state index >= 15 is 0 Å². The van der Waals surface area contributed by atoms with Gasteiger partial charge in [-0.25, -0.2) is 0 Å². The van der Waals surface area contributed by atoms with E-state index in [1.807, 2.05) is 0 Å². The molecule has 0 amide bonds. The van der Waals surface area contributed by atoms with Gasteiger partial charge >= 0.3 is 5.97 Å². The van der Waals surface area contributed by atoms with Gasteiger partial charge in [-0.2, -0.15) is 0 Å². The van der Waals surface area contributed by atoms with Crippen molar-refractivity contribution in [2.75, 3.05) is 13.1 Å². The lowest BCUT2D eigenvalue weighted by molar-refractivity contribution is -0.138. The summed E-state index contributed by atoms with van der Waals surface area (Å²) in [6.07, 6.45) is 17.4. The molecule has 0 heterocycles. The molecule has 0 aliphatic heterocycles. The van der Waals surface area contributed by atoms with Crippen LogP contribution in [0.1, 0.15) is 107 Å². The number of benzene rings is 1. The lowest BCUT2D eigenvalue weighted by Gasteiger charge is -2.47. The van der Waals surface area contributed by atoms with E-state index in [0.717, 1.165) is 35.3 Å². The van der Waals surface area contributed by atoms with Gasteiger partial charge in [0.05, 0.1) is 0 Å². The summed E-state index contributed by atoms with van der Waals surface area (Å²) in [5.41, 5.74) is 2.36. The lowest BCUT2D eigenvalue weighted by atomic mass is 9.69. The first kappa shape index (κ1) is 25.0. The van der Waals surface area contributed by atoms with Crippen molar-refractivity contribution in [1.29, 1.82) is 0 Å². The van der Waals surface area contributed by atoms with Gasteiger partial charge in [-0.1, -0.05) is 68.7 Å². The fraction of sp³-hybridized carbons (Fsp3) is 0.759. The molecule has 0 bridgehead atoms. The average Bonchev–Trinajstić information content (AvgIpc) is 2.81. The van der Waals surface area contributed by atoms with Crippen molar-refractivity contribution < 1.29 is 9.90 Å². The molecule has 3 fully saturated rings. The second kappa shape index (κ2) is 12.1. The van der Waals surface area contributed by atoms with E-state index in [4.69, 9.17) is 11.6 Å². The van der Waals surface area contributed by atoms with E-state index in [1.165, 1.54) is 89.3 Å². The Morgan fingerprint density at radius 1 is 0.909 bits per heavy atom. The second-order valence-corrected chi connectivity index (χ2v) is 11.8. The van der Waals surface area contributed by atoms with Gasteiger partial charge in [0.2, 0.25) is 0 Å². The Kier molecular flexibility index (Phi) is 9.16. The molecule has 0 spiro atoms. The number of halogens is 1. The van der Waals surface area contributed by atoms with Gasteiger partial charge in [0.15, 0.2) is 0 Å². The maximum absolute atomic E-state index is 11.8. The molecule has 184 valence electrons. The highest BCUT2D eigenvalue weighted by molar-refractivity contribution is 6.31. The molecule has 1 aromatic carbocycles. The highest BCUT2D eigenvalue weighted by Crippen LogP contribution is 2.44. The zero-order valence-corrected chi connectivity index (χ0v) is 21.4. The second-order valence-electron chi connectivity index (χ2n) is 11.4. The van der Waals surface area contributed by atoms with Crippen molar-refractivity contribution in [2.24, 2.45) is 17.8 Å². The molecule has 3 atom stereocenters. The van der Waals surface area contributed by atoms with E-state index in [1.54, 1.807) is 0 Å². The monoisotopic (exact) mass is 473 g/mol. The molecule has 1 aromatic rings. The number of hydrogen-bond acceptors (Lipinski definition) is 2. The Morgan fingerprint density at radius 3 is 2.06 bits per heavy atom. The Hall–Kier alpha value is -1.06. The van der Waals surface area contributed by atoms with Crippen LogP contribution in [0.2, 0.25) is 5.02 Å². The van der Waals surface area contributed by atoms with E-state index in [2.05, 4.69) is 30.0 Å². The SMILES string of the molecule is Cc1ccc(C2C(CC(=O)O)CCCC2N(CC2CCCCC2)CC2CCCCC2)cc1Cl. The summed E-state index contributed by atoms with van der Waals surface area (Å²) in [5, 5.41) is 10.6. The molecule has 1 N–H and O–H groups in total. The number of hydrogen-bond donors (Lipinski definition) is 1. The smallest absolute Gasteiger partial charge is 0.303 e. The molecule has 0 aromatic heterocycles. The molecule has 3 nitrogen and oxygen atoms in total. The maximum atomic E-state index is 11.8. The third-order valence-corrected chi connectivity index (χ3v) is 9.33. The van der Waals surface area contributed by atoms with Gasteiger partial charge < -0.3 is 5.11 Å². The van der Waals surface area contributed by atoms with Crippen molar-refractivity contribution in [2.45, 2.75) is 109 Å². The average molecular weight is 474 g/mol. The fourth-order valence-corrected chi connectivity index (χ4v) is 7.37. The van der Waals surface area contributed by atoms with Gasteiger partial charge in [0.25, 0.3) is 0 Å². The predicted molar refractivity (Wildman–Crippen MR) is 137 cm³/mol. The molecule has 3 aliphatic rings. The van der Waals surface area contributed by atoms with Gasteiger partial charge in [0, 0.05) is 36.5 Å². The maximum Gasteiger partial charge on any atom is 0.303 e. The van der Waals surface area contributed by atoms with Crippen LogP contribution in [-0.2, 0) is 4.79 Å². The summed E-state index contributed by atoms with van der Waals surface area (Å²) < 4.78 is 0. The highest BCUT2D eigenvalue weighted by atomic mass is 35.5. The third kappa shape index (κ3) is 6.75. The first-order chi connectivity index (χ1) is 16.0. The quantitative estimate of drug-likeness (QED) is 0.418. The van der Waals surface area contributed by atoms with Crippen LogP contribution in [0.25, 0.3) is 0 Å². The topological polar surface area (TPSA) is 40.5 Å². The summed E-state index contributed by atoms with van der Waals surface area (Å²) in [4.78, 5) is 14.7. The van der Waals surface area contributed by atoms with E-state index in [-0.39, 0.29) is 18.3 Å². The molecule has 33 heavy (non-hydrogen) atoms. The van der Waals surface area contributed by atoms with E-state index in [9.17, 15) is 9.90 Å². The van der Waals surface area contributed by atoms with E-state index < -0.39 is 5.97 Å². The number of nitrogens with zero attached hydrogens (tertiary/aromatic N) is 1. The zero-order valence-electron chi connectivity index (χ0n) is 20.6. The zero-order chi connectivity index (χ0) is 23.2. The van der Waals surface area contributed by atoms with Crippen LogP contribution in [0.3, 0.4) is 0 Å². The van der Waals surface area contributed by atoms with Crippen molar-refractivity contribution in [3.63, 3.8) is 0 Å². The van der Waals surface area contributed by atoms with Crippen molar-refractivity contribution in [3.05, 3.63) is 34.3 Å². The van der Waals surface area contributed by atoms with Crippen molar-refractivity contribution >= 4 is 17.6 Å². The molecule has 4 rings (SSSR count). The Morgan fingerprint density at radius 2 is 1.52 bits per heavy atom. The summed E-state index contributed by atoms with van der Waals surface area (Å²) in [5.74, 6) is 1.42. The Bertz CT molecular complexity index is 749. The predicted octanol–water partition coefficient (Wildman–Crippen LogP) is 7.84. The largest absolute Gasteiger partial charge is 0.481 e. The lowest BCUT2D eigenvalue weighted by Crippen LogP contribution is -2.48. The van der Waals surface area contributed by atoms with Crippen LogP contribution in [-0.4, -0.2) is 35.1 Å². The van der Waals surface area contributed by atoms with E-state index in [0.29, 0.717) is 6.04 Å². The van der Waals surface area contributed by atoms with Gasteiger partial charge in [-0.05, 0) is 80.4 Å². The Labute approximate surface area is 206 Å². The summed E-state index contributed by atoms with van der Waals surface area (Å²) in [6, 6.07) is 6.95. The normalized spacial score (nSPS) is 27.7. The van der Waals surface area contributed by atoms with Gasteiger partial charge in [-0.3, -0.25) is 9.69 Å². The summed E-state index contributed by atoms with van der Waals surface area (Å²) in [7, 11) is 0. The minimum Gasteiger partial charge on any atom is -0.481 e. The highest BCUT2D eigenvalue weighted by Gasteiger charge is 2.40. The molecule has 3 unspecified atom stereocenters. The van der Waals surface area contributed by atoms with Gasteiger partial charge in [0.1, 0.15) is 0 Å². The molecular formula is C29H44ClNO2. The minimum atomic E-state index is -0.657.